The predicted octanol–water partition coefficient (Wildman–Crippen LogP) is 4.74. The van der Waals surface area contributed by atoms with Crippen molar-refractivity contribution in [3.05, 3.63) is 81.6 Å². The van der Waals surface area contributed by atoms with E-state index in [4.69, 9.17) is 0 Å². The van der Waals surface area contributed by atoms with Gasteiger partial charge in [0.1, 0.15) is 5.01 Å². The molecule has 148 valence electrons. The summed E-state index contributed by atoms with van der Waals surface area (Å²) in [5.41, 5.74) is 5.71. The highest BCUT2D eigenvalue weighted by atomic mass is 32.1. The van der Waals surface area contributed by atoms with Gasteiger partial charge in [0, 0.05) is 12.7 Å². The number of aromatic nitrogens is 3. The van der Waals surface area contributed by atoms with Crippen LogP contribution in [0.25, 0.3) is 10.2 Å². The zero-order valence-electron chi connectivity index (χ0n) is 17.1. The fourth-order valence-electron chi connectivity index (χ4n) is 3.48. The lowest BCUT2D eigenvalue weighted by Gasteiger charge is -2.16. The normalized spacial score (nSPS) is 11.2. The Hall–Kier alpha value is -2.99. The van der Waals surface area contributed by atoms with Crippen LogP contribution in [-0.4, -0.2) is 32.6 Å². The number of hydrogen-bond acceptors (Lipinski definition) is 4. The smallest absolute Gasteiger partial charge is 0.257 e. The highest BCUT2D eigenvalue weighted by Crippen LogP contribution is 2.24. The van der Waals surface area contributed by atoms with Gasteiger partial charge in [-0.25, -0.2) is 4.98 Å². The SMILES string of the molecule is Cc1ccc(Cn2nc(C)c(C(=O)N(C)Cc3nc4ccccc4s3)c2C)cc1. The van der Waals surface area contributed by atoms with Gasteiger partial charge in [-0.3, -0.25) is 9.48 Å². The van der Waals surface area contributed by atoms with Crippen LogP contribution < -0.4 is 0 Å². The second-order valence-electron chi connectivity index (χ2n) is 7.43. The van der Waals surface area contributed by atoms with E-state index in [1.165, 1.54) is 11.1 Å². The Kier molecular flexibility index (Phi) is 5.20. The van der Waals surface area contributed by atoms with Crippen molar-refractivity contribution in [3.8, 4) is 0 Å². The number of aryl methyl sites for hydroxylation is 2. The van der Waals surface area contributed by atoms with Crippen LogP contribution in [0.4, 0.5) is 0 Å². The third-order valence-corrected chi connectivity index (χ3v) is 6.13. The summed E-state index contributed by atoms with van der Waals surface area (Å²) in [5, 5.41) is 5.56. The largest absolute Gasteiger partial charge is 0.335 e. The molecule has 0 N–H and O–H groups in total. The summed E-state index contributed by atoms with van der Waals surface area (Å²) < 4.78 is 3.06. The Morgan fingerprint density at radius 1 is 1.07 bits per heavy atom. The van der Waals surface area contributed by atoms with E-state index in [2.05, 4.69) is 47.3 Å². The third kappa shape index (κ3) is 3.93. The molecule has 1 amide bonds. The van der Waals surface area contributed by atoms with Crippen molar-refractivity contribution in [1.29, 1.82) is 0 Å². The van der Waals surface area contributed by atoms with E-state index in [0.29, 0.717) is 18.7 Å². The van der Waals surface area contributed by atoms with Crippen LogP contribution in [0.1, 0.15) is 37.9 Å². The minimum absolute atomic E-state index is 0.0191. The molecule has 0 fully saturated rings. The van der Waals surface area contributed by atoms with Crippen molar-refractivity contribution in [3.63, 3.8) is 0 Å². The van der Waals surface area contributed by atoms with Gasteiger partial charge in [-0.05, 0) is 38.5 Å². The number of benzene rings is 2. The molecule has 0 spiro atoms. The summed E-state index contributed by atoms with van der Waals surface area (Å²) >= 11 is 1.63. The number of nitrogens with zero attached hydrogens (tertiary/aromatic N) is 4. The zero-order chi connectivity index (χ0) is 20.5. The van der Waals surface area contributed by atoms with Gasteiger partial charge in [0.05, 0.1) is 34.6 Å². The van der Waals surface area contributed by atoms with E-state index < -0.39 is 0 Å². The Morgan fingerprint density at radius 3 is 2.52 bits per heavy atom. The van der Waals surface area contributed by atoms with Gasteiger partial charge in [-0.15, -0.1) is 11.3 Å². The van der Waals surface area contributed by atoms with Crippen molar-refractivity contribution in [2.75, 3.05) is 7.05 Å². The molecule has 0 bridgehead atoms. The molecule has 4 rings (SSSR count). The van der Waals surface area contributed by atoms with E-state index in [9.17, 15) is 4.79 Å². The molecule has 0 aliphatic heterocycles. The number of rotatable bonds is 5. The molecule has 6 heteroatoms. The van der Waals surface area contributed by atoms with Crippen molar-refractivity contribution >= 4 is 27.5 Å². The number of thiazole rings is 1. The lowest BCUT2D eigenvalue weighted by atomic mass is 10.1. The van der Waals surface area contributed by atoms with Crippen molar-refractivity contribution in [2.45, 2.75) is 33.9 Å². The summed E-state index contributed by atoms with van der Waals surface area (Å²) in [5.74, 6) is -0.0191. The van der Waals surface area contributed by atoms with E-state index in [1.807, 2.05) is 43.8 Å². The van der Waals surface area contributed by atoms with E-state index >= 15 is 0 Å². The standard InChI is InChI=1S/C23H24N4OS/c1-15-9-11-18(12-10-15)13-27-17(3)22(16(2)25-27)23(28)26(4)14-21-24-19-7-5-6-8-20(19)29-21/h5-12H,13-14H2,1-4H3. The molecule has 0 atom stereocenters. The number of carbonyl (C=O) groups excluding carboxylic acids is 1. The molecular weight excluding hydrogens is 380 g/mol. The summed E-state index contributed by atoms with van der Waals surface area (Å²) in [7, 11) is 1.82. The highest BCUT2D eigenvalue weighted by molar-refractivity contribution is 7.18. The first-order valence-corrected chi connectivity index (χ1v) is 10.4. The number of para-hydroxylation sites is 1. The Labute approximate surface area is 174 Å². The molecule has 0 unspecified atom stereocenters. The first-order chi connectivity index (χ1) is 13.9. The summed E-state index contributed by atoms with van der Waals surface area (Å²) in [4.78, 5) is 19.5. The minimum Gasteiger partial charge on any atom is -0.335 e. The maximum absolute atomic E-state index is 13.2. The van der Waals surface area contributed by atoms with Gasteiger partial charge < -0.3 is 4.90 Å². The second-order valence-corrected chi connectivity index (χ2v) is 8.54. The Bertz CT molecular complexity index is 1140. The van der Waals surface area contributed by atoms with Gasteiger partial charge >= 0.3 is 0 Å². The highest BCUT2D eigenvalue weighted by Gasteiger charge is 2.22. The number of amides is 1. The second kappa shape index (κ2) is 7.79. The average molecular weight is 405 g/mol. The van der Waals surface area contributed by atoms with Crippen LogP contribution in [0, 0.1) is 20.8 Å². The van der Waals surface area contributed by atoms with Crippen LogP contribution in [0.15, 0.2) is 48.5 Å². The molecule has 4 aromatic rings. The van der Waals surface area contributed by atoms with Crippen molar-refractivity contribution in [1.82, 2.24) is 19.7 Å². The molecule has 2 aromatic carbocycles. The fraction of sp³-hybridized carbons (Fsp3) is 0.261. The summed E-state index contributed by atoms with van der Waals surface area (Å²) in [6.45, 7) is 7.08. The number of fused-ring (bicyclic) bond motifs is 1. The molecule has 0 saturated heterocycles. The van der Waals surface area contributed by atoms with Gasteiger partial charge in [0.2, 0.25) is 0 Å². The molecule has 0 aliphatic rings. The third-order valence-electron chi connectivity index (χ3n) is 5.11. The van der Waals surface area contributed by atoms with Gasteiger partial charge in [0.25, 0.3) is 5.91 Å². The fourth-order valence-corrected chi connectivity index (χ4v) is 4.50. The quantitative estimate of drug-likeness (QED) is 0.483. The first-order valence-electron chi connectivity index (χ1n) is 9.62. The lowest BCUT2D eigenvalue weighted by Crippen LogP contribution is -2.27. The molecular formula is C23H24N4OS. The lowest BCUT2D eigenvalue weighted by molar-refractivity contribution is 0.0783. The van der Waals surface area contributed by atoms with Crippen molar-refractivity contribution < 1.29 is 4.79 Å². The monoisotopic (exact) mass is 404 g/mol. The van der Waals surface area contributed by atoms with E-state index in [-0.39, 0.29) is 5.91 Å². The van der Waals surface area contributed by atoms with Crippen LogP contribution in [-0.2, 0) is 13.1 Å². The first kappa shape index (κ1) is 19.3. The molecule has 0 saturated carbocycles. The molecule has 2 heterocycles. The molecule has 29 heavy (non-hydrogen) atoms. The molecule has 0 aliphatic carbocycles. The summed E-state index contributed by atoms with van der Waals surface area (Å²) in [6.07, 6.45) is 0. The van der Waals surface area contributed by atoms with E-state index in [0.717, 1.165) is 26.6 Å². The maximum Gasteiger partial charge on any atom is 0.257 e. The number of hydrogen-bond donors (Lipinski definition) is 0. The topological polar surface area (TPSA) is 51.0 Å². The zero-order valence-corrected chi connectivity index (χ0v) is 18.0. The van der Waals surface area contributed by atoms with Gasteiger partial charge in [-0.2, -0.15) is 5.10 Å². The summed E-state index contributed by atoms with van der Waals surface area (Å²) in [6, 6.07) is 16.4. The molecule has 0 radical (unpaired) electrons. The van der Waals surface area contributed by atoms with Crippen LogP contribution in [0.5, 0.6) is 0 Å². The maximum atomic E-state index is 13.2. The van der Waals surface area contributed by atoms with E-state index in [1.54, 1.807) is 16.2 Å². The predicted molar refractivity (Wildman–Crippen MR) is 117 cm³/mol. The Morgan fingerprint density at radius 2 is 1.79 bits per heavy atom. The van der Waals surface area contributed by atoms with Crippen LogP contribution in [0.2, 0.25) is 0 Å². The molecule has 5 nitrogen and oxygen atoms in total. The van der Waals surface area contributed by atoms with Crippen LogP contribution >= 0.6 is 11.3 Å². The van der Waals surface area contributed by atoms with Crippen molar-refractivity contribution in [2.24, 2.45) is 0 Å². The molecule has 2 aromatic heterocycles. The Balaban J connectivity index is 1.54. The minimum atomic E-state index is -0.0191. The van der Waals surface area contributed by atoms with Gasteiger partial charge in [-0.1, -0.05) is 42.0 Å². The van der Waals surface area contributed by atoms with Crippen LogP contribution in [0.3, 0.4) is 0 Å². The average Bonchev–Trinajstić information content (AvgIpc) is 3.22. The van der Waals surface area contributed by atoms with Gasteiger partial charge in [0.15, 0.2) is 0 Å². The number of carbonyl (C=O) groups is 1.